The van der Waals surface area contributed by atoms with Gasteiger partial charge in [-0.3, -0.25) is 116 Å². The van der Waals surface area contributed by atoms with E-state index in [4.69, 9.17) is 41.7 Å². The molecule has 0 spiro atoms. The molecule has 17 heterocycles. The van der Waals surface area contributed by atoms with Crippen LogP contribution in [0.15, 0.2) is 166 Å². The van der Waals surface area contributed by atoms with Gasteiger partial charge in [0.2, 0.25) is 35.4 Å². The predicted molar refractivity (Wildman–Crippen MR) is 382 cm³/mol. The van der Waals surface area contributed by atoms with E-state index in [1.165, 1.54) is 75.5 Å². The molecule has 113 heavy (non-hydrogen) atoms. The molecule has 33 heteroatoms. The molecular formula is C80H82N8O25. The van der Waals surface area contributed by atoms with Crippen LogP contribution in [0.2, 0.25) is 0 Å². The summed E-state index contributed by atoms with van der Waals surface area (Å²) in [6, 6.07) is 11.0. The van der Waals surface area contributed by atoms with Crippen LogP contribution in [0.5, 0.6) is 0 Å². The van der Waals surface area contributed by atoms with Gasteiger partial charge in [-0.2, -0.15) is 0 Å². The fraction of sp³-hybridized carbons (Fsp3) is 0.450. The number of hydrogen-bond acceptors (Lipinski definition) is 25. The zero-order valence-corrected chi connectivity index (χ0v) is 61.4. The van der Waals surface area contributed by atoms with Crippen molar-refractivity contribution in [3.05, 3.63) is 170 Å². The highest BCUT2D eigenvalue weighted by atomic mass is 16.6. The third kappa shape index (κ3) is 15.8. The summed E-state index contributed by atoms with van der Waals surface area (Å²) in [5.41, 5.74) is -2.88. The van der Waals surface area contributed by atoms with Crippen molar-refractivity contribution in [3.63, 3.8) is 0 Å². The van der Waals surface area contributed by atoms with Gasteiger partial charge in [0.05, 0.1) is 79.2 Å². The van der Waals surface area contributed by atoms with Gasteiger partial charge in [-0.1, -0.05) is 36.5 Å². The number of fused-ring (bicyclic) bond motifs is 15. The van der Waals surface area contributed by atoms with E-state index in [-0.39, 0.29) is 160 Å². The lowest BCUT2D eigenvalue weighted by Crippen LogP contribution is -2.44. The normalized spacial score (nSPS) is 28.7. The Morgan fingerprint density at radius 2 is 0.540 bits per heavy atom. The van der Waals surface area contributed by atoms with Crippen LogP contribution < -0.4 is 0 Å². The van der Waals surface area contributed by atoms with Crippen molar-refractivity contribution in [1.82, 2.24) is 39.2 Å². The van der Waals surface area contributed by atoms with Gasteiger partial charge in [-0.15, -0.1) is 0 Å². The third-order valence-electron chi connectivity index (χ3n) is 22.4. The van der Waals surface area contributed by atoms with Crippen molar-refractivity contribution in [2.75, 3.05) is 72.2 Å². The molecule has 0 radical (unpaired) electrons. The standard InChI is InChI=1S/C36H38N4O11.C22H22N2O7.C12H12N2O4.C10H10O3/c41-23-5-6-24(42)37(23)15-1-3-17-39-31(45)27-21-9-11-35(50-21,29(27)33(39)47)13-19-49-20-14-36-12-10-22(51-36)28-30(36)34(48)40(32(28)46)18-4-2-16-38-25(43)7-8-26(38)44;25-16-5-6-17(26)23(16)9-1-2-10-24-20(27)18-15-7-8-22(31-15,19(18)21(24)28)13-29-12-14-4-3-11-30-14;15-9-3-4-10(16)13(9)7-1-2-8-14-11(17)5-6-12(14)18;1-3-9(12-5-1)7-11-8-10-4-2-6-13-10/h5-12,21-22,27-30H,1-4,13-20H2;3-8,11,15,18-19H,1-2,9-10,12-13H2;3-6H,1-2,7-8H2;1-6H,7-8H2. The van der Waals surface area contributed by atoms with Gasteiger partial charge in [0, 0.05) is 139 Å². The molecule has 6 bridgehead atoms. The van der Waals surface area contributed by atoms with Crippen molar-refractivity contribution in [3.8, 4) is 0 Å². The Morgan fingerprint density at radius 1 is 0.292 bits per heavy atom. The second kappa shape index (κ2) is 33.5. The minimum atomic E-state index is -0.970. The number of imide groups is 8. The summed E-state index contributed by atoms with van der Waals surface area (Å²) in [7, 11) is 0. The molecule has 0 aliphatic carbocycles. The Kier molecular flexibility index (Phi) is 23.2. The average Bonchev–Trinajstić information content (AvgIpc) is 1.56. The van der Waals surface area contributed by atoms with Crippen molar-refractivity contribution in [2.24, 2.45) is 35.5 Å². The number of carbonyl (C=O) groups excluding carboxylic acids is 16. The van der Waals surface area contributed by atoms with Crippen molar-refractivity contribution in [1.29, 1.82) is 0 Å². The molecule has 12 unspecified atom stereocenters. The second-order valence-corrected chi connectivity index (χ2v) is 29.2. The molecule has 14 aliphatic rings. The first-order valence-corrected chi connectivity index (χ1v) is 37.7. The number of nitrogens with zero attached hydrogens (tertiary/aromatic N) is 8. The van der Waals surface area contributed by atoms with Crippen LogP contribution in [-0.2, 0) is 125 Å². The summed E-state index contributed by atoms with van der Waals surface area (Å²) >= 11 is 0. The Bertz CT molecular complexity index is 4280. The lowest BCUT2D eigenvalue weighted by molar-refractivity contribution is -0.147. The maximum Gasteiger partial charge on any atom is 0.253 e. The van der Waals surface area contributed by atoms with E-state index in [0.717, 1.165) is 36.0 Å². The van der Waals surface area contributed by atoms with Gasteiger partial charge in [-0.25, -0.2) is 0 Å². The van der Waals surface area contributed by atoms with Crippen molar-refractivity contribution < 1.29 is 118 Å². The molecule has 592 valence electrons. The van der Waals surface area contributed by atoms with Crippen LogP contribution in [0.1, 0.15) is 81.5 Å². The summed E-state index contributed by atoms with van der Waals surface area (Å²) in [6.07, 6.45) is 31.5. The molecule has 14 aliphatic heterocycles. The summed E-state index contributed by atoms with van der Waals surface area (Å²) in [4.78, 5) is 205. The Hall–Kier alpha value is -11.4. The monoisotopic (exact) mass is 1550 g/mol. The molecule has 33 nitrogen and oxygen atoms in total. The van der Waals surface area contributed by atoms with Crippen LogP contribution in [0.3, 0.4) is 0 Å². The summed E-state index contributed by atoms with van der Waals surface area (Å²) in [5, 5.41) is 0. The van der Waals surface area contributed by atoms with E-state index in [1.807, 2.05) is 60.7 Å². The highest BCUT2D eigenvalue weighted by Crippen LogP contribution is 2.56. The van der Waals surface area contributed by atoms with Crippen LogP contribution in [0.4, 0.5) is 0 Å². The quantitative estimate of drug-likeness (QED) is 0.0471. The molecular weight excluding hydrogens is 1470 g/mol. The first-order chi connectivity index (χ1) is 54.6. The highest BCUT2D eigenvalue weighted by molar-refractivity contribution is 6.16. The van der Waals surface area contributed by atoms with Crippen LogP contribution in [0, 0.1) is 35.5 Å². The lowest BCUT2D eigenvalue weighted by Gasteiger charge is -2.30. The summed E-state index contributed by atoms with van der Waals surface area (Å²) < 4.78 is 51.1. The highest BCUT2D eigenvalue weighted by Gasteiger charge is 2.70. The summed E-state index contributed by atoms with van der Waals surface area (Å²) in [6.45, 7) is 3.81. The molecule has 6 fully saturated rings. The smallest absolute Gasteiger partial charge is 0.253 e. The van der Waals surface area contributed by atoms with Gasteiger partial charge in [-0.05, 0) is 87.8 Å². The van der Waals surface area contributed by atoms with Crippen molar-refractivity contribution >= 4 is 94.5 Å². The van der Waals surface area contributed by atoms with Gasteiger partial charge in [0.15, 0.2) is 0 Å². The molecule has 0 N–H and O–H groups in total. The van der Waals surface area contributed by atoms with Crippen LogP contribution in [-0.4, -0.2) is 241 Å². The molecule has 0 saturated carbocycles. The van der Waals surface area contributed by atoms with E-state index in [1.54, 1.807) is 30.9 Å². The molecule has 6 saturated heterocycles. The molecule has 12 atom stereocenters. The Morgan fingerprint density at radius 3 is 0.814 bits per heavy atom. The fourth-order valence-electron chi connectivity index (χ4n) is 16.8. The topological polar surface area (TPSA) is 394 Å². The van der Waals surface area contributed by atoms with E-state index < -0.39 is 70.6 Å². The van der Waals surface area contributed by atoms with Gasteiger partial charge >= 0.3 is 0 Å². The third-order valence-corrected chi connectivity index (χ3v) is 22.4. The minimum absolute atomic E-state index is 0.154. The first-order valence-electron chi connectivity index (χ1n) is 37.7. The van der Waals surface area contributed by atoms with Gasteiger partial charge in [0.1, 0.15) is 53.9 Å². The average molecular weight is 1560 g/mol. The van der Waals surface area contributed by atoms with E-state index in [2.05, 4.69) is 0 Å². The number of rotatable bonds is 34. The van der Waals surface area contributed by atoms with E-state index in [9.17, 15) is 76.7 Å². The number of likely N-dealkylation sites (tertiary alicyclic amines) is 3. The predicted octanol–water partition coefficient (Wildman–Crippen LogP) is 2.83. The molecule has 16 amide bonds. The molecule has 0 aromatic carbocycles. The molecule has 3 aromatic rings. The van der Waals surface area contributed by atoms with Crippen LogP contribution >= 0.6 is 0 Å². The second-order valence-electron chi connectivity index (χ2n) is 29.2. The fourth-order valence-corrected chi connectivity index (χ4v) is 16.8. The zero-order valence-electron chi connectivity index (χ0n) is 61.4. The minimum Gasteiger partial charge on any atom is -0.467 e. The Labute approximate surface area is 646 Å². The van der Waals surface area contributed by atoms with Gasteiger partial charge < -0.3 is 41.7 Å². The lowest BCUT2D eigenvalue weighted by atomic mass is 9.75. The van der Waals surface area contributed by atoms with E-state index in [0.29, 0.717) is 96.3 Å². The SMILES string of the molecule is O=C1C=CC(=O)N1CCCCN1C(=O)C2C3C=CC(CCOCCC45C=CC(O4)C4C(=O)N(CCCCN6C(=O)C=CC6=O)C(=O)C45)(O3)C2C1=O.O=C1C=CC(=O)N1CCCCN1C(=O)C2C3C=CC(COCc4ccco4)(O3)C2C1=O.O=C1C=CC(=O)N1CCCCN1C(=O)C=CC1=O.c1coc(COCc2ccco2)c1. The maximum atomic E-state index is 13.6. The number of amides is 16. The van der Waals surface area contributed by atoms with Crippen molar-refractivity contribution in [2.45, 2.75) is 119 Å². The summed E-state index contributed by atoms with van der Waals surface area (Å²) in [5.74, 6) is -6.29. The number of hydrogen-bond donors (Lipinski definition) is 0. The number of furan rings is 3. The number of unbranched alkanes of at least 4 members (excludes halogenated alkanes) is 4. The maximum absolute atomic E-state index is 13.6. The number of carbonyl (C=O) groups is 16. The zero-order chi connectivity index (χ0) is 79.3. The van der Waals surface area contributed by atoms with Crippen LogP contribution in [0.25, 0.3) is 0 Å². The van der Waals surface area contributed by atoms with Gasteiger partial charge in [0.25, 0.3) is 59.1 Å². The largest absolute Gasteiger partial charge is 0.467 e. The number of ether oxygens (including phenoxy) is 6. The molecule has 17 rings (SSSR count). The Balaban J connectivity index is 0.000000143. The molecule has 3 aromatic heterocycles. The first kappa shape index (κ1) is 78.3. The van der Waals surface area contributed by atoms with E-state index >= 15 is 0 Å².